The Labute approximate surface area is 120 Å². The van der Waals surface area contributed by atoms with Crippen molar-refractivity contribution in [1.82, 2.24) is 4.57 Å². The zero-order valence-electron chi connectivity index (χ0n) is 8.65. The van der Waals surface area contributed by atoms with Gasteiger partial charge in [0, 0.05) is 32.7 Å². The topological polar surface area (TPSA) is 123 Å². The second-order valence-electron chi connectivity index (χ2n) is 2.92. The molecule has 2 N–H and O–H groups in total. The van der Waals surface area contributed by atoms with Gasteiger partial charge in [-0.1, -0.05) is 18.7 Å². The molecule has 0 amide bonds. The van der Waals surface area contributed by atoms with Crippen LogP contribution in [0, 0.1) is 23.6 Å². The first-order chi connectivity index (χ1) is 7.34. The number of carboxylic acids is 1. The van der Waals surface area contributed by atoms with Crippen molar-refractivity contribution in [3.05, 3.63) is 38.8 Å². The van der Waals surface area contributed by atoms with Crippen LogP contribution in [0.15, 0.2) is 10.9 Å². The Hall–Kier alpha value is -1.41. The van der Waals surface area contributed by atoms with Gasteiger partial charge in [-0.25, -0.2) is 0 Å². The van der Waals surface area contributed by atoms with Gasteiger partial charge in [-0.05, 0) is 6.54 Å². The average molecular weight is 316 g/mol. The summed E-state index contributed by atoms with van der Waals surface area (Å²) in [7, 11) is 0. The van der Waals surface area contributed by atoms with Crippen LogP contribution in [0.2, 0.25) is 0 Å². The maximum Gasteiger partial charge on any atom is 0.320 e. The molecule has 1 aromatic rings. The van der Waals surface area contributed by atoms with Gasteiger partial charge in [0.25, 0.3) is 5.97 Å². The summed E-state index contributed by atoms with van der Waals surface area (Å²) in [6.07, 6.45) is 0. The van der Waals surface area contributed by atoms with Gasteiger partial charge < -0.3 is 19.6 Å². The Bertz CT molecular complexity index is 523. The smallest absolute Gasteiger partial charge is 0.320 e. The van der Waals surface area contributed by atoms with E-state index in [-0.39, 0.29) is 38.4 Å². The fourth-order valence-corrected chi connectivity index (χ4v) is 1.16. The molecule has 0 spiro atoms. The molecule has 1 heterocycles. The van der Waals surface area contributed by atoms with Crippen molar-refractivity contribution in [3.8, 4) is 5.75 Å². The predicted octanol–water partition coefficient (Wildman–Crippen LogP) is -0.137. The molecule has 0 atom stereocenters. The van der Waals surface area contributed by atoms with Crippen molar-refractivity contribution in [2.75, 3.05) is 0 Å². The Morgan fingerprint density at radius 3 is 2.53 bits per heavy atom. The summed E-state index contributed by atoms with van der Waals surface area (Å²) in [5.41, 5.74) is -2.16. The van der Waals surface area contributed by atoms with Crippen LogP contribution in [-0.2, 0) is 37.5 Å². The van der Waals surface area contributed by atoms with Gasteiger partial charge in [0.2, 0.25) is 5.56 Å². The first-order valence-electron chi connectivity index (χ1n) is 4.02. The van der Waals surface area contributed by atoms with Crippen molar-refractivity contribution in [3.63, 3.8) is 0 Å². The van der Waals surface area contributed by atoms with E-state index in [9.17, 15) is 24.8 Å². The van der Waals surface area contributed by atoms with Gasteiger partial charge in [0.05, 0.1) is 4.92 Å². The molecule has 0 saturated heterocycles. The van der Waals surface area contributed by atoms with Gasteiger partial charge in [-0.3, -0.25) is 14.9 Å². The van der Waals surface area contributed by atoms with Gasteiger partial charge in [0.15, 0.2) is 5.75 Å². The van der Waals surface area contributed by atoms with Crippen molar-refractivity contribution < 1.29 is 52.6 Å². The molecule has 0 aromatic carbocycles. The van der Waals surface area contributed by atoms with E-state index in [1.165, 1.54) is 6.92 Å². The van der Waals surface area contributed by atoms with E-state index in [1.54, 1.807) is 0 Å². The third kappa shape index (κ3) is 3.27. The number of nitrogens with zero attached hydrogens (tertiary/aromatic N) is 2. The van der Waals surface area contributed by atoms with E-state index in [0.29, 0.717) is 11.1 Å². The minimum absolute atomic E-state index is 0. The number of carbonyl (C=O) groups is 1. The summed E-state index contributed by atoms with van der Waals surface area (Å²) in [6, 6.07) is 0.943. The fourth-order valence-electron chi connectivity index (χ4n) is 1.16. The standard InChI is InChI=1S/C8H7N2O6.Y/c1-4-2-5(11)7(10(15)16)8(14)9(4)3-6(12)13;/h2-3,11H,1H3,(H,12,13);/q-1;. The van der Waals surface area contributed by atoms with Crippen LogP contribution in [0.4, 0.5) is 5.69 Å². The summed E-state index contributed by atoms with van der Waals surface area (Å²) in [6.45, 7) is 1.83. The first kappa shape index (κ1) is 15.6. The van der Waals surface area contributed by atoms with Crippen LogP contribution in [0.3, 0.4) is 0 Å². The number of rotatable bonds is 3. The molecule has 1 radical (unpaired) electrons. The number of hydrogen-bond acceptors (Lipinski definition) is 5. The normalized spacial score (nSPS) is 9.24. The Morgan fingerprint density at radius 2 is 2.12 bits per heavy atom. The summed E-state index contributed by atoms with van der Waals surface area (Å²) in [4.78, 5) is 31.2. The van der Waals surface area contributed by atoms with E-state index >= 15 is 0 Å². The molecule has 0 aliphatic heterocycles. The second-order valence-corrected chi connectivity index (χ2v) is 2.92. The molecule has 0 saturated carbocycles. The Balaban J connectivity index is 0.00000256. The minimum atomic E-state index is -1.43. The van der Waals surface area contributed by atoms with Crippen LogP contribution in [0.1, 0.15) is 5.69 Å². The van der Waals surface area contributed by atoms with Gasteiger partial charge >= 0.3 is 5.69 Å². The number of hydrogen-bond donors (Lipinski definition) is 2. The molecule has 89 valence electrons. The number of aryl methyl sites for hydroxylation is 1. The maximum absolute atomic E-state index is 11.5. The van der Waals surface area contributed by atoms with Crippen LogP contribution in [0.25, 0.3) is 0 Å². The molecule has 0 aliphatic rings. The van der Waals surface area contributed by atoms with Gasteiger partial charge in [-0.15, -0.1) is 0 Å². The number of aromatic nitrogens is 1. The molecular weight excluding hydrogens is 309 g/mol. The Kier molecular flexibility index (Phi) is 5.31. The molecular formula is C8H7N2O6Y-. The number of aromatic hydroxyl groups is 1. The predicted molar refractivity (Wildman–Crippen MR) is 51.1 cm³/mol. The van der Waals surface area contributed by atoms with Crippen LogP contribution in [-0.4, -0.2) is 25.7 Å². The molecule has 8 nitrogen and oxygen atoms in total. The van der Waals surface area contributed by atoms with E-state index in [4.69, 9.17) is 5.11 Å². The van der Waals surface area contributed by atoms with Crippen LogP contribution >= 0.6 is 0 Å². The van der Waals surface area contributed by atoms with Crippen molar-refractivity contribution >= 4 is 11.7 Å². The molecule has 0 fully saturated rings. The van der Waals surface area contributed by atoms with E-state index in [1.807, 2.05) is 0 Å². The summed E-state index contributed by atoms with van der Waals surface area (Å²) >= 11 is 0. The first-order valence-corrected chi connectivity index (χ1v) is 4.02. The van der Waals surface area contributed by atoms with Crippen molar-refractivity contribution in [2.45, 2.75) is 6.92 Å². The van der Waals surface area contributed by atoms with E-state index < -0.39 is 27.9 Å². The average Bonchev–Trinajstić information content (AvgIpc) is 2.10. The summed E-state index contributed by atoms with van der Waals surface area (Å²) in [5.74, 6) is -2.22. The largest absolute Gasteiger partial charge is 0.503 e. The van der Waals surface area contributed by atoms with E-state index in [2.05, 4.69) is 0 Å². The SMILES string of the molecule is Cc1cc(O)c([N+](=O)[O-])c(=O)n1[CH-]C(=O)O.[Y]. The molecule has 1 aromatic heterocycles. The third-order valence-electron chi connectivity index (χ3n) is 1.81. The molecule has 17 heavy (non-hydrogen) atoms. The molecule has 0 bridgehead atoms. The molecule has 0 unspecified atom stereocenters. The number of pyridine rings is 1. The number of nitro groups is 1. The monoisotopic (exact) mass is 316 g/mol. The molecule has 9 heteroatoms. The van der Waals surface area contributed by atoms with E-state index in [0.717, 1.165) is 6.07 Å². The van der Waals surface area contributed by atoms with Crippen LogP contribution in [0.5, 0.6) is 5.75 Å². The minimum Gasteiger partial charge on any atom is -0.503 e. The van der Waals surface area contributed by atoms with Crippen LogP contribution < -0.4 is 5.56 Å². The van der Waals surface area contributed by atoms with Gasteiger partial charge in [-0.2, -0.15) is 0 Å². The third-order valence-corrected chi connectivity index (χ3v) is 1.81. The quantitative estimate of drug-likeness (QED) is 0.455. The molecule has 1 rings (SSSR count). The number of aliphatic carboxylic acids is 1. The zero-order valence-corrected chi connectivity index (χ0v) is 11.5. The second kappa shape index (κ2) is 5.78. The van der Waals surface area contributed by atoms with Gasteiger partial charge in [0.1, 0.15) is 0 Å². The summed E-state index contributed by atoms with van der Waals surface area (Å²) < 4.78 is 0.584. The van der Waals surface area contributed by atoms with Crippen molar-refractivity contribution in [2.24, 2.45) is 0 Å². The zero-order chi connectivity index (χ0) is 12.5. The summed E-state index contributed by atoms with van der Waals surface area (Å²) in [5, 5.41) is 28.1. The van der Waals surface area contributed by atoms with Crippen molar-refractivity contribution in [1.29, 1.82) is 0 Å². The maximum atomic E-state index is 11.5. The Morgan fingerprint density at radius 1 is 1.59 bits per heavy atom. The fraction of sp³-hybridized carbons (Fsp3) is 0.125. The number of carboxylic acid groups (broad SMARTS) is 1. The molecule has 0 aliphatic carbocycles.